The van der Waals surface area contributed by atoms with Crippen molar-refractivity contribution in [2.75, 3.05) is 11.9 Å². The van der Waals surface area contributed by atoms with Gasteiger partial charge in [0.2, 0.25) is 0 Å². The van der Waals surface area contributed by atoms with Crippen molar-refractivity contribution in [1.82, 2.24) is 9.78 Å². The second-order valence-electron chi connectivity index (χ2n) is 4.28. The third-order valence-electron chi connectivity index (χ3n) is 2.74. The minimum Gasteiger partial charge on any atom is -0.384 e. The van der Waals surface area contributed by atoms with Gasteiger partial charge in [0.25, 0.3) is 0 Å². The van der Waals surface area contributed by atoms with Crippen LogP contribution >= 0.6 is 27.5 Å². The van der Waals surface area contributed by atoms with Crippen LogP contribution in [0, 0.1) is 6.92 Å². The van der Waals surface area contributed by atoms with E-state index in [2.05, 4.69) is 26.3 Å². The first-order valence-corrected chi connectivity index (χ1v) is 6.90. The summed E-state index contributed by atoms with van der Waals surface area (Å²) in [6.45, 7) is 2.84. The smallest absolute Gasteiger partial charge is 0.0522 e. The number of hydrogen-bond acceptors (Lipinski definition) is 2. The molecule has 1 aromatic heterocycles. The van der Waals surface area contributed by atoms with Crippen LogP contribution in [-0.4, -0.2) is 16.3 Å². The van der Waals surface area contributed by atoms with E-state index in [4.69, 9.17) is 11.6 Å². The average molecular weight is 329 g/mol. The molecule has 0 aliphatic carbocycles. The summed E-state index contributed by atoms with van der Waals surface area (Å²) in [7, 11) is 1.92. The van der Waals surface area contributed by atoms with E-state index in [9.17, 15) is 0 Å². The van der Waals surface area contributed by atoms with Gasteiger partial charge in [-0.25, -0.2) is 0 Å². The molecule has 18 heavy (non-hydrogen) atoms. The zero-order chi connectivity index (χ0) is 13.1. The van der Waals surface area contributed by atoms with Crippen LogP contribution in [0.5, 0.6) is 0 Å². The third kappa shape index (κ3) is 3.27. The Bertz CT molecular complexity index is 551. The molecule has 0 fully saturated rings. The van der Waals surface area contributed by atoms with Crippen LogP contribution in [0.1, 0.15) is 11.1 Å². The molecule has 2 aromatic rings. The number of halogens is 2. The molecule has 2 rings (SSSR count). The monoisotopic (exact) mass is 327 g/mol. The number of hydrogen-bond donors (Lipinski definition) is 1. The third-order valence-corrected chi connectivity index (χ3v) is 3.80. The highest BCUT2D eigenvalue weighted by Gasteiger charge is 2.04. The van der Waals surface area contributed by atoms with Crippen LogP contribution in [0.2, 0.25) is 5.02 Å². The van der Waals surface area contributed by atoms with Crippen LogP contribution in [0.4, 0.5) is 5.69 Å². The van der Waals surface area contributed by atoms with Gasteiger partial charge < -0.3 is 5.32 Å². The molecule has 0 saturated heterocycles. The molecule has 5 heteroatoms. The number of nitrogens with one attached hydrogen (secondary N) is 1. The van der Waals surface area contributed by atoms with Crippen molar-refractivity contribution in [2.45, 2.75) is 13.3 Å². The van der Waals surface area contributed by atoms with Crippen LogP contribution in [-0.2, 0) is 13.5 Å². The molecule has 1 aromatic carbocycles. The summed E-state index contributed by atoms with van der Waals surface area (Å²) >= 11 is 9.65. The van der Waals surface area contributed by atoms with Crippen molar-refractivity contribution < 1.29 is 0 Å². The normalized spacial score (nSPS) is 10.7. The summed E-state index contributed by atoms with van der Waals surface area (Å²) in [6.07, 6.45) is 4.85. The molecule has 1 N–H and O–H groups in total. The molecule has 3 nitrogen and oxygen atoms in total. The van der Waals surface area contributed by atoms with Gasteiger partial charge in [0.15, 0.2) is 0 Å². The lowest BCUT2D eigenvalue weighted by atomic mass is 10.2. The van der Waals surface area contributed by atoms with Crippen LogP contribution in [0.15, 0.2) is 29.0 Å². The standard InChI is InChI=1S/C13H15BrClN3/c1-9-5-11(14)13(6-12(9)15)16-4-3-10-7-17-18(2)8-10/h5-8,16H,3-4H2,1-2H3. The Hall–Kier alpha value is -1.000. The maximum Gasteiger partial charge on any atom is 0.0522 e. The molecule has 0 spiro atoms. The van der Waals surface area contributed by atoms with Gasteiger partial charge >= 0.3 is 0 Å². The zero-order valence-electron chi connectivity index (χ0n) is 10.4. The highest BCUT2D eigenvalue weighted by atomic mass is 79.9. The first-order valence-electron chi connectivity index (χ1n) is 5.73. The first kappa shape index (κ1) is 13.4. The quantitative estimate of drug-likeness (QED) is 0.925. The van der Waals surface area contributed by atoms with Gasteiger partial charge in [-0.15, -0.1) is 0 Å². The largest absolute Gasteiger partial charge is 0.384 e. The Morgan fingerprint density at radius 2 is 2.22 bits per heavy atom. The van der Waals surface area contributed by atoms with E-state index < -0.39 is 0 Å². The van der Waals surface area contributed by atoms with Crippen molar-refractivity contribution in [1.29, 1.82) is 0 Å². The molecule has 0 atom stereocenters. The molecular weight excluding hydrogens is 314 g/mol. The Balaban J connectivity index is 1.96. The fourth-order valence-electron chi connectivity index (χ4n) is 1.72. The number of benzene rings is 1. The summed E-state index contributed by atoms with van der Waals surface area (Å²) in [4.78, 5) is 0. The second-order valence-corrected chi connectivity index (χ2v) is 5.54. The highest BCUT2D eigenvalue weighted by Crippen LogP contribution is 2.29. The molecule has 0 radical (unpaired) electrons. The van der Waals surface area contributed by atoms with Gasteiger partial charge in [-0.3, -0.25) is 4.68 Å². The summed E-state index contributed by atoms with van der Waals surface area (Å²) in [5.41, 5.74) is 3.31. The molecule has 0 amide bonds. The SMILES string of the molecule is Cc1cc(Br)c(NCCc2cnn(C)c2)cc1Cl. The number of nitrogens with zero attached hydrogens (tertiary/aromatic N) is 2. The Kier molecular flexibility index (Phi) is 4.30. The summed E-state index contributed by atoms with van der Waals surface area (Å²) < 4.78 is 2.85. The van der Waals surface area contributed by atoms with Crippen LogP contribution in [0.25, 0.3) is 0 Å². The van der Waals surface area contributed by atoms with E-state index in [0.29, 0.717) is 0 Å². The number of aryl methyl sites for hydroxylation is 2. The Labute approximate surface area is 120 Å². The predicted molar refractivity (Wildman–Crippen MR) is 79.3 cm³/mol. The van der Waals surface area contributed by atoms with Gasteiger partial charge in [-0.2, -0.15) is 5.10 Å². The molecular formula is C13H15BrClN3. The predicted octanol–water partition coefficient (Wildman–Crippen LogP) is 3.80. The fourth-order valence-corrected chi connectivity index (χ4v) is 2.49. The van der Waals surface area contributed by atoms with Crippen LogP contribution < -0.4 is 5.32 Å². The van der Waals surface area contributed by atoms with Crippen molar-refractivity contribution >= 4 is 33.2 Å². The average Bonchev–Trinajstić information content (AvgIpc) is 2.71. The van der Waals surface area contributed by atoms with Gasteiger partial charge in [-0.05, 0) is 52.5 Å². The molecule has 0 aliphatic rings. The topological polar surface area (TPSA) is 29.9 Å². The van der Waals surface area contributed by atoms with Crippen molar-refractivity contribution in [3.8, 4) is 0 Å². The van der Waals surface area contributed by atoms with E-state index in [-0.39, 0.29) is 0 Å². The van der Waals surface area contributed by atoms with E-state index in [1.165, 1.54) is 5.56 Å². The van der Waals surface area contributed by atoms with Crippen molar-refractivity contribution in [3.05, 3.63) is 45.1 Å². The van der Waals surface area contributed by atoms with E-state index in [1.54, 1.807) is 0 Å². The summed E-state index contributed by atoms with van der Waals surface area (Å²) in [6, 6.07) is 3.97. The maximum atomic E-state index is 6.11. The molecule has 0 bridgehead atoms. The summed E-state index contributed by atoms with van der Waals surface area (Å²) in [5.74, 6) is 0. The number of rotatable bonds is 4. The minimum atomic E-state index is 0.780. The lowest BCUT2D eigenvalue weighted by Crippen LogP contribution is -2.05. The van der Waals surface area contributed by atoms with E-state index >= 15 is 0 Å². The minimum absolute atomic E-state index is 0.780. The maximum absolute atomic E-state index is 6.11. The molecule has 0 saturated carbocycles. The lowest BCUT2D eigenvalue weighted by Gasteiger charge is -2.10. The van der Waals surface area contributed by atoms with Crippen LogP contribution in [0.3, 0.4) is 0 Å². The van der Waals surface area contributed by atoms with E-state index in [0.717, 1.165) is 33.7 Å². The fraction of sp³-hybridized carbons (Fsp3) is 0.308. The summed E-state index contributed by atoms with van der Waals surface area (Å²) in [5, 5.41) is 8.29. The van der Waals surface area contributed by atoms with Crippen molar-refractivity contribution in [2.24, 2.45) is 7.05 Å². The van der Waals surface area contributed by atoms with Gasteiger partial charge in [0.05, 0.1) is 6.20 Å². The first-order chi connectivity index (χ1) is 8.56. The molecule has 96 valence electrons. The lowest BCUT2D eigenvalue weighted by molar-refractivity contribution is 0.767. The van der Waals surface area contributed by atoms with Gasteiger partial charge in [0.1, 0.15) is 0 Å². The highest BCUT2D eigenvalue weighted by molar-refractivity contribution is 9.10. The Morgan fingerprint density at radius 3 is 2.89 bits per heavy atom. The molecule has 0 unspecified atom stereocenters. The molecule has 0 aliphatic heterocycles. The number of aromatic nitrogens is 2. The second kappa shape index (κ2) is 5.76. The van der Waals surface area contributed by atoms with Crippen molar-refractivity contribution in [3.63, 3.8) is 0 Å². The van der Waals surface area contributed by atoms with Gasteiger partial charge in [0, 0.05) is 35.0 Å². The molecule has 1 heterocycles. The van der Waals surface area contributed by atoms with Gasteiger partial charge in [-0.1, -0.05) is 11.6 Å². The zero-order valence-corrected chi connectivity index (χ0v) is 12.7. The van der Waals surface area contributed by atoms with E-state index in [1.807, 2.05) is 43.2 Å². The number of anilines is 1. The Morgan fingerprint density at radius 1 is 1.44 bits per heavy atom.